The van der Waals surface area contributed by atoms with Crippen LogP contribution in [0.1, 0.15) is 11.3 Å². The van der Waals surface area contributed by atoms with Crippen LogP contribution < -0.4 is 11.5 Å². The van der Waals surface area contributed by atoms with Crippen molar-refractivity contribution in [3.05, 3.63) is 45.3 Å². The molecule has 1 aromatic rings. The average molecular weight is 227 g/mol. The highest BCUT2D eigenvalue weighted by atomic mass is 35.5. The van der Waals surface area contributed by atoms with Crippen molar-refractivity contribution in [1.29, 1.82) is 0 Å². The van der Waals surface area contributed by atoms with Crippen LogP contribution in [0.3, 0.4) is 0 Å². The first kappa shape index (κ1) is 9.77. The van der Waals surface area contributed by atoms with Crippen LogP contribution in [-0.2, 0) is 5.54 Å². The molecule has 0 spiro atoms. The lowest BCUT2D eigenvalue weighted by Gasteiger charge is -2.29. The first-order valence-corrected chi connectivity index (χ1v) is 5.55. The van der Waals surface area contributed by atoms with E-state index < -0.39 is 5.54 Å². The molecule has 2 rings (SSSR count). The van der Waals surface area contributed by atoms with Gasteiger partial charge in [0.25, 0.3) is 0 Å². The summed E-state index contributed by atoms with van der Waals surface area (Å²) in [5.41, 5.74) is 12.0. The summed E-state index contributed by atoms with van der Waals surface area (Å²) >= 11 is 7.75. The molecule has 0 bridgehead atoms. The van der Waals surface area contributed by atoms with Crippen molar-refractivity contribution < 1.29 is 0 Å². The van der Waals surface area contributed by atoms with Crippen molar-refractivity contribution in [2.24, 2.45) is 11.5 Å². The Balaban J connectivity index is 2.41. The van der Waals surface area contributed by atoms with Crippen molar-refractivity contribution in [3.63, 3.8) is 0 Å². The summed E-state index contributed by atoms with van der Waals surface area (Å²) in [4.78, 5) is 1.07. The van der Waals surface area contributed by atoms with Crippen molar-refractivity contribution in [2.45, 2.75) is 12.0 Å². The minimum atomic E-state index is -0.571. The molecule has 1 aromatic heterocycles. The smallest absolute Gasteiger partial charge is 0.0902 e. The van der Waals surface area contributed by atoms with E-state index in [-0.39, 0.29) is 0 Å². The molecule has 0 amide bonds. The predicted molar refractivity (Wildman–Crippen MR) is 61.0 cm³/mol. The highest BCUT2D eigenvalue weighted by molar-refractivity contribution is 7.10. The third-order valence-corrected chi connectivity index (χ3v) is 3.83. The summed E-state index contributed by atoms with van der Waals surface area (Å²) in [5.74, 6) is 0. The highest BCUT2D eigenvalue weighted by Gasteiger charge is 2.33. The van der Waals surface area contributed by atoms with Crippen molar-refractivity contribution in [3.8, 4) is 0 Å². The fourth-order valence-electron chi connectivity index (χ4n) is 1.46. The molecule has 1 heterocycles. The Morgan fingerprint density at radius 2 is 2.29 bits per heavy atom. The first-order valence-electron chi connectivity index (χ1n) is 4.29. The highest BCUT2D eigenvalue weighted by Crippen LogP contribution is 2.38. The van der Waals surface area contributed by atoms with Gasteiger partial charge in [-0.25, -0.2) is 0 Å². The SMILES string of the molecule is NC1=CCC(N)(c2cccs2)C(Cl)=C1. The Morgan fingerprint density at radius 3 is 2.86 bits per heavy atom. The Hall–Kier alpha value is -0.770. The molecule has 1 aliphatic carbocycles. The molecule has 0 radical (unpaired) electrons. The van der Waals surface area contributed by atoms with Crippen LogP contribution in [-0.4, -0.2) is 0 Å². The Kier molecular flexibility index (Phi) is 2.39. The predicted octanol–water partition coefficient (Wildman–Crippen LogP) is 2.27. The zero-order valence-electron chi connectivity index (χ0n) is 7.53. The van der Waals surface area contributed by atoms with Crippen molar-refractivity contribution in [1.82, 2.24) is 0 Å². The van der Waals surface area contributed by atoms with Gasteiger partial charge in [0, 0.05) is 15.6 Å². The number of rotatable bonds is 1. The Bertz CT molecular complexity index is 394. The van der Waals surface area contributed by atoms with Crippen LogP contribution in [0, 0.1) is 0 Å². The summed E-state index contributed by atoms with van der Waals surface area (Å²) in [7, 11) is 0. The van der Waals surface area contributed by atoms with E-state index in [4.69, 9.17) is 23.1 Å². The second-order valence-corrected chi connectivity index (χ2v) is 4.70. The molecule has 0 aromatic carbocycles. The topological polar surface area (TPSA) is 52.0 Å². The molecule has 0 aliphatic heterocycles. The van der Waals surface area contributed by atoms with Crippen LogP contribution in [0.5, 0.6) is 0 Å². The molecule has 14 heavy (non-hydrogen) atoms. The van der Waals surface area contributed by atoms with Gasteiger partial charge in [0.2, 0.25) is 0 Å². The lowest BCUT2D eigenvalue weighted by atomic mass is 9.89. The van der Waals surface area contributed by atoms with Crippen LogP contribution in [0.2, 0.25) is 0 Å². The number of hydrogen-bond donors (Lipinski definition) is 2. The Morgan fingerprint density at radius 1 is 1.50 bits per heavy atom. The number of halogens is 1. The molecule has 1 unspecified atom stereocenters. The molecule has 0 fully saturated rings. The number of hydrogen-bond acceptors (Lipinski definition) is 3. The zero-order chi connectivity index (χ0) is 10.2. The fourth-order valence-corrected chi connectivity index (χ4v) is 2.69. The van der Waals surface area contributed by atoms with Crippen molar-refractivity contribution in [2.75, 3.05) is 0 Å². The van der Waals surface area contributed by atoms with E-state index in [0.29, 0.717) is 17.2 Å². The molecule has 4 N–H and O–H groups in total. The molecule has 1 atom stereocenters. The summed E-state index contributed by atoms with van der Waals surface area (Å²) in [6.07, 6.45) is 4.30. The molecule has 1 aliphatic rings. The molecule has 0 saturated carbocycles. The van der Waals surface area contributed by atoms with Gasteiger partial charge in [-0.05, 0) is 23.9 Å². The number of allylic oxidation sites excluding steroid dienone is 1. The van der Waals surface area contributed by atoms with Gasteiger partial charge in [-0.3, -0.25) is 0 Å². The van der Waals surface area contributed by atoms with Gasteiger partial charge >= 0.3 is 0 Å². The van der Waals surface area contributed by atoms with Gasteiger partial charge in [0.15, 0.2) is 0 Å². The van der Waals surface area contributed by atoms with Crippen LogP contribution >= 0.6 is 22.9 Å². The summed E-state index contributed by atoms with van der Waals surface area (Å²) < 4.78 is 0. The summed E-state index contributed by atoms with van der Waals surface area (Å²) in [6.45, 7) is 0. The van der Waals surface area contributed by atoms with Gasteiger partial charge in [-0.2, -0.15) is 0 Å². The zero-order valence-corrected chi connectivity index (χ0v) is 9.11. The van der Waals surface area contributed by atoms with Crippen LogP contribution in [0.15, 0.2) is 40.4 Å². The van der Waals surface area contributed by atoms with E-state index in [1.54, 1.807) is 17.4 Å². The molecule has 0 saturated heterocycles. The second kappa shape index (κ2) is 3.42. The van der Waals surface area contributed by atoms with E-state index in [0.717, 1.165) is 4.88 Å². The van der Waals surface area contributed by atoms with Crippen molar-refractivity contribution >= 4 is 22.9 Å². The van der Waals surface area contributed by atoms with E-state index in [1.165, 1.54) is 0 Å². The van der Waals surface area contributed by atoms with Gasteiger partial charge in [0.1, 0.15) is 0 Å². The van der Waals surface area contributed by atoms with E-state index in [9.17, 15) is 0 Å². The molecular formula is C10H11ClN2S. The number of thiophene rings is 1. The minimum absolute atomic E-state index is 0.571. The van der Waals surface area contributed by atoms with Crippen LogP contribution in [0.25, 0.3) is 0 Å². The standard InChI is InChI=1S/C10H11ClN2S/c11-8-6-7(12)3-4-10(8,13)9-2-1-5-14-9/h1-3,5-6H,4,12-13H2. The average Bonchev–Trinajstić information content (AvgIpc) is 2.65. The van der Waals surface area contributed by atoms with Gasteiger partial charge in [-0.15, -0.1) is 11.3 Å². The van der Waals surface area contributed by atoms with E-state index in [1.807, 2.05) is 23.6 Å². The largest absolute Gasteiger partial charge is 0.399 e. The summed E-state index contributed by atoms with van der Waals surface area (Å²) in [5, 5.41) is 2.61. The molecule has 2 nitrogen and oxygen atoms in total. The minimum Gasteiger partial charge on any atom is -0.399 e. The van der Waals surface area contributed by atoms with Crippen LogP contribution in [0.4, 0.5) is 0 Å². The van der Waals surface area contributed by atoms with Gasteiger partial charge < -0.3 is 11.5 Å². The maximum atomic E-state index is 6.24. The second-order valence-electron chi connectivity index (χ2n) is 3.35. The maximum absolute atomic E-state index is 6.24. The Labute approximate surface area is 91.9 Å². The lowest BCUT2D eigenvalue weighted by Crippen LogP contribution is -2.37. The molecule has 74 valence electrons. The normalized spacial score (nSPS) is 27.0. The van der Waals surface area contributed by atoms with E-state index >= 15 is 0 Å². The third kappa shape index (κ3) is 1.47. The number of nitrogens with two attached hydrogens (primary N) is 2. The third-order valence-electron chi connectivity index (χ3n) is 2.34. The monoisotopic (exact) mass is 226 g/mol. The van der Waals surface area contributed by atoms with Gasteiger partial charge in [0.05, 0.1) is 5.54 Å². The summed E-state index contributed by atoms with van der Waals surface area (Å²) in [6, 6.07) is 3.97. The lowest BCUT2D eigenvalue weighted by molar-refractivity contribution is 0.561. The molecular weight excluding hydrogens is 216 g/mol. The van der Waals surface area contributed by atoms with E-state index in [2.05, 4.69) is 0 Å². The fraction of sp³-hybridized carbons (Fsp3) is 0.200. The maximum Gasteiger partial charge on any atom is 0.0902 e. The first-order chi connectivity index (χ1) is 6.63. The quantitative estimate of drug-likeness (QED) is 0.772. The van der Waals surface area contributed by atoms with Gasteiger partial charge in [-0.1, -0.05) is 23.7 Å². The molecule has 4 heteroatoms.